The molecule has 180 valence electrons. The van der Waals surface area contributed by atoms with Crippen molar-refractivity contribution in [3.63, 3.8) is 0 Å². The first-order valence-electron chi connectivity index (χ1n) is 11.4. The van der Waals surface area contributed by atoms with Gasteiger partial charge in [-0.05, 0) is 68.4 Å². The number of carbonyl (C=O) groups excluding carboxylic acids is 2. The fourth-order valence-corrected chi connectivity index (χ4v) is 4.77. The van der Waals surface area contributed by atoms with Crippen molar-refractivity contribution in [1.29, 1.82) is 0 Å². The number of benzene rings is 1. The van der Waals surface area contributed by atoms with E-state index in [1.165, 1.54) is 11.3 Å². The van der Waals surface area contributed by atoms with Crippen LogP contribution in [0.2, 0.25) is 0 Å². The Labute approximate surface area is 198 Å². The first-order chi connectivity index (χ1) is 16.0. The van der Waals surface area contributed by atoms with Gasteiger partial charge in [0.05, 0.1) is 5.56 Å². The summed E-state index contributed by atoms with van der Waals surface area (Å²) in [4.78, 5) is 27.8. The van der Waals surface area contributed by atoms with Crippen LogP contribution in [0.25, 0.3) is 10.4 Å². The zero-order valence-electron chi connectivity index (χ0n) is 19.1. The van der Waals surface area contributed by atoms with Crippen LogP contribution in [0.5, 0.6) is 5.75 Å². The van der Waals surface area contributed by atoms with Gasteiger partial charge in [0, 0.05) is 24.0 Å². The predicted molar refractivity (Wildman–Crippen MR) is 130 cm³/mol. The van der Waals surface area contributed by atoms with Crippen molar-refractivity contribution in [3.05, 3.63) is 35.9 Å². The number of nitrogens with zero attached hydrogens (tertiary/aromatic N) is 1. The average Bonchev–Trinajstić information content (AvgIpc) is 3.26. The molecule has 10 heteroatoms. The second kappa shape index (κ2) is 12.5. The van der Waals surface area contributed by atoms with Gasteiger partial charge in [0.1, 0.15) is 17.4 Å². The lowest BCUT2D eigenvalue weighted by Gasteiger charge is -2.23. The van der Waals surface area contributed by atoms with Gasteiger partial charge in [0.2, 0.25) is 0 Å². The molecule has 2 aromatic rings. The lowest BCUT2D eigenvalue weighted by Crippen LogP contribution is -2.45. The second-order valence-corrected chi connectivity index (χ2v) is 8.89. The highest BCUT2D eigenvalue weighted by atomic mass is 32.1. The normalized spacial score (nSPS) is 15.8. The van der Waals surface area contributed by atoms with Gasteiger partial charge in [0.25, 0.3) is 5.91 Å². The molecule has 3 rings (SSSR count). The Balaban J connectivity index is 1.71. The van der Waals surface area contributed by atoms with Gasteiger partial charge in [-0.3, -0.25) is 15.3 Å². The van der Waals surface area contributed by atoms with Crippen molar-refractivity contribution in [2.75, 3.05) is 44.6 Å². The van der Waals surface area contributed by atoms with Gasteiger partial charge in [-0.15, -0.1) is 11.3 Å². The highest BCUT2D eigenvalue weighted by Gasteiger charge is 2.22. The Morgan fingerprint density at radius 3 is 2.64 bits per heavy atom. The number of likely N-dealkylation sites (N-methyl/N-ethyl adjacent to an activating group) is 1. The van der Waals surface area contributed by atoms with E-state index in [1.807, 2.05) is 24.3 Å². The van der Waals surface area contributed by atoms with Crippen LogP contribution in [0, 0.1) is 0 Å². The number of ether oxygens (including phenoxy) is 1. The summed E-state index contributed by atoms with van der Waals surface area (Å²) in [7, 11) is 0. The van der Waals surface area contributed by atoms with Crippen LogP contribution in [0.3, 0.4) is 0 Å². The molecular weight excluding hydrogens is 442 g/mol. The topological polar surface area (TPSA) is 115 Å². The van der Waals surface area contributed by atoms with Crippen molar-refractivity contribution in [3.8, 4) is 16.2 Å². The molecule has 2 heterocycles. The van der Waals surface area contributed by atoms with Gasteiger partial charge in [-0.1, -0.05) is 13.8 Å². The fourth-order valence-electron chi connectivity index (χ4n) is 3.71. The number of anilines is 1. The lowest BCUT2D eigenvalue weighted by molar-refractivity contribution is 0.0932. The molecule has 1 aromatic heterocycles. The van der Waals surface area contributed by atoms with E-state index in [0.717, 1.165) is 61.8 Å². The number of thiophene rings is 1. The number of nitrogens with one attached hydrogen (secondary N) is 4. The lowest BCUT2D eigenvalue weighted by atomic mass is 10.1. The molecule has 1 aliphatic heterocycles. The van der Waals surface area contributed by atoms with Crippen LogP contribution in [0.1, 0.15) is 37.0 Å². The molecule has 1 fully saturated rings. The third-order valence-corrected chi connectivity index (χ3v) is 6.75. The van der Waals surface area contributed by atoms with Crippen molar-refractivity contribution < 1.29 is 19.5 Å². The standard InChI is InChI=1S/C23H33N5O4S/c1-3-28(4-2)12-13-32-18-9-7-16(8-10-18)20-14-19(22(33-20)26-23(30)27-31)21(29)25-17-6-5-11-24-15-17/h7-10,14,17,24,31H,3-6,11-13,15H2,1-2H3,(H,25,29)(H2,26,27,30). The van der Waals surface area contributed by atoms with Crippen molar-refractivity contribution in [2.24, 2.45) is 0 Å². The molecular formula is C23H33N5O4S. The fraction of sp³-hybridized carbons (Fsp3) is 0.478. The molecule has 0 aliphatic carbocycles. The molecule has 1 aromatic carbocycles. The van der Waals surface area contributed by atoms with Gasteiger partial charge in [-0.25, -0.2) is 10.3 Å². The Bertz CT molecular complexity index is 908. The molecule has 3 amide bonds. The largest absolute Gasteiger partial charge is 0.492 e. The Morgan fingerprint density at radius 2 is 2.00 bits per heavy atom. The molecule has 0 bridgehead atoms. The van der Waals surface area contributed by atoms with Gasteiger partial charge < -0.3 is 20.3 Å². The van der Waals surface area contributed by atoms with E-state index in [4.69, 9.17) is 9.94 Å². The minimum Gasteiger partial charge on any atom is -0.492 e. The summed E-state index contributed by atoms with van der Waals surface area (Å²) in [5, 5.41) is 18.1. The quantitative estimate of drug-likeness (QED) is 0.266. The highest BCUT2D eigenvalue weighted by Crippen LogP contribution is 2.36. The van der Waals surface area contributed by atoms with Crippen LogP contribution in [-0.2, 0) is 0 Å². The van der Waals surface area contributed by atoms with E-state index in [0.29, 0.717) is 17.2 Å². The van der Waals surface area contributed by atoms with E-state index in [2.05, 4.69) is 34.7 Å². The van der Waals surface area contributed by atoms with Crippen LogP contribution < -0.4 is 26.2 Å². The van der Waals surface area contributed by atoms with Crippen LogP contribution in [-0.4, -0.2) is 67.4 Å². The second-order valence-electron chi connectivity index (χ2n) is 7.84. The summed E-state index contributed by atoms with van der Waals surface area (Å²) in [6.07, 6.45) is 1.91. The van der Waals surface area contributed by atoms with Crippen molar-refractivity contribution in [2.45, 2.75) is 32.7 Å². The minimum atomic E-state index is -0.797. The summed E-state index contributed by atoms with van der Waals surface area (Å²) in [6, 6.07) is 8.67. The molecule has 1 unspecified atom stereocenters. The first-order valence-corrected chi connectivity index (χ1v) is 12.2. The molecule has 1 saturated heterocycles. The van der Waals surface area contributed by atoms with Gasteiger partial charge >= 0.3 is 6.03 Å². The van der Waals surface area contributed by atoms with Gasteiger partial charge in [0.15, 0.2) is 0 Å². The minimum absolute atomic E-state index is 0.0434. The van der Waals surface area contributed by atoms with Crippen LogP contribution in [0.4, 0.5) is 9.80 Å². The van der Waals surface area contributed by atoms with Gasteiger partial charge in [-0.2, -0.15) is 0 Å². The SMILES string of the molecule is CCN(CC)CCOc1ccc(-c2cc(C(=O)NC3CCCNC3)c(NC(=O)NO)s2)cc1. The van der Waals surface area contributed by atoms with E-state index in [-0.39, 0.29) is 11.9 Å². The highest BCUT2D eigenvalue weighted by molar-refractivity contribution is 7.20. The van der Waals surface area contributed by atoms with Crippen LogP contribution >= 0.6 is 11.3 Å². The third kappa shape index (κ3) is 7.16. The number of amides is 3. The maximum atomic E-state index is 12.9. The van der Waals surface area contributed by atoms with Crippen molar-refractivity contribution >= 4 is 28.3 Å². The molecule has 5 N–H and O–H groups in total. The maximum Gasteiger partial charge on any atom is 0.343 e. The number of hydrogen-bond donors (Lipinski definition) is 5. The number of urea groups is 1. The average molecular weight is 476 g/mol. The first kappa shape index (κ1) is 25.0. The summed E-state index contributed by atoms with van der Waals surface area (Å²) >= 11 is 1.27. The van der Waals surface area contributed by atoms with E-state index >= 15 is 0 Å². The number of hydrogen-bond acceptors (Lipinski definition) is 7. The Kier molecular flexibility index (Phi) is 9.49. The molecule has 0 radical (unpaired) electrons. The van der Waals surface area contributed by atoms with Crippen LogP contribution in [0.15, 0.2) is 30.3 Å². The molecule has 1 atom stereocenters. The number of piperidine rings is 1. The predicted octanol–water partition coefficient (Wildman–Crippen LogP) is 3.13. The third-order valence-electron chi connectivity index (χ3n) is 5.65. The summed E-state index contributed by atoms with van der Waals surface area (Å²) in [6.45, 7) is 9.41. The number of carbonyl (C=O) groups is 2. The molecule has 33 heavy (non-hydrogen) atoms. The van der Waals surface area contributed by atoms with Crippen molar-refractivity contribution in [1.82, 2.24) is 21.0 Å². The molecule has 9 nitrogen and oxygen atoms in total. The van der Waals surface area contributed by atoms with E-state index in [1.54, 1.807) is 11.5 Å². The molecule has 1 aliphatic rings. The zero-order valence-corrected chi connectivity index (χ0v) is 20.0. The summed E-state index contributed by atoms with van der Waals surface area (Å²) < 4.78 is 5.85. The smallest absolute Gasteiger partial charge is 0.343 e. The number of hydroxylamine groups is 1. The zero-order chi connectivity index (χ0) is 23.6. The monoisotopic (exact) mass is 475 g/mol. The molecule has 0 spiro atoms. The maximum absolute atomic E-state index is 12.9. The number of rotatable bonds is 10. The Hall–Kier alpha value is -2.66. The van der Waals surface area contributed by atoms with E-state index < -0.39 is 6.03 Å². The van der Waals surface area contributed by atoms with E-state index in [9.17, 15) is 9.59 Å². The summed E-state index contributed by atoms with van der Waals surface area (Å²) in [5.74, 6) is 0.527. The molecule has 0 saturated carbocycles. The Morgan fingerprint density at radius 1 is 1.24 bits per heavy atom. The summed E-state index contributed by atoms with van der Waals surface area (Å²) in [5.41, 5.74) is 2.82.